The normalized spacial score (nSPS) is 23.9. The smallest absolute Gasteiger partial charge is 0.0945 e. The first kappa shape index (κ1) is 14.6. The van der Waals surface area contributed by atoms with Crippen LogP contribution >= 0.6 is 0 Å². The lowest BCUT2D eigenvalue weighted by molar-refractivity contribution is 0.238. The van der Waals surface area contributed by atoms with Gasteiger partial charge in [0, 0.05) is 25.0 Å². The van der Waals surface area contributed by atoms with E-state index in [1.807, 2.05) is 18.7 Å². The molecule has 0 atom stereocenters. The van der Waals surface area contributed by atoms with Crippen LogP contribution in [-0.4, -0.2) is 22.1 Å². The molecule has 1 fully saturated rings. The van der Waals surface area contributed by atoms with Crippen molar-refractivity contribution in [1.82, 2.24) is 14.9 Å². The molecule has 1 saturated carbocycles. The van der Waals surface area contributed by atoms with Gasteiger partial charge in [-0.25, -0.2) is 4.98 Å². The van der Waals surface area contributed by atoms with Crippen LogP contribution in [-0.2, 0) is 6.54 Å². The summed E-state index contributed by atoms with van der Waals surface area (Å²) < 4.78 is 2.16. The van der Waals surface area contributed by atoms with Gasteiger partial charge in [-0.15, -0.1) is 0 Å². The van der Waals surface area contributed by atoms with Gasteiger partial charge in [-0.3, -0.25) is 0 Å². The summed E-state index contributed by atoms with van der Waals surface area (Å²) in [6, 6.07) is 0.781. The summed E-state index contributed by atoms with van der Waals surface area (Å²) in [5.74, 6) is 1.84. The fraction of sp³-hybridized carbons (Fsp3) is 0.812. The van der Waals surface area contributed by atoms with E-state index in [4.69, 9.17) is 0 Å². The summed E-state index contributed by atoms with van der Waals surface area (Å²) in [5.41, 5.74) is 0. The predicted molar refractivity (Wildman–Crippen MR) is 80.0 cm³/mol. The number of hydrogen-bond acceptors (Lipinski definition) is 2. The van der Waals surface area contributed by atoms with Crippen LogP contribution in [0.3, 0.4) is 0 Å². The van der Waals surface area contributed by atoms with Crippen LogP contribution in [0.4, 0.5) is 0 Å². The third-order valence-corrected chi connectivity index (χ3v) is 4.55. The molecule has 0 aromatic carbocycles. The van der Waals surface area contributed by atoms with Crippen molar-refractivity contribution in [2.24, 2.45) is 11.8 Å². The zero-order valence-electron chi connectivity index (χ0n) is 12.5. The quantitative estimate of drug-likeness (QED) is 0.763. The van der Waals surface area contributed by atoms with Gasteiger partial charge in [-0.05, 0) is 56.9 Å². The second kappa shape index (κ2) is 7.68. The molecule has 0 bridgehead atoms. The Kier molecular flexibility index (Phi) is 5.90. The van der Waals surface area contributed by atoms with E-state index in [1.54, 1.807) is 0 Å². The van der Waals surface area contributed by atoms with E-state index >= 15 is 0 Å². The Hall–Kier alpha value is -0.830. The Balaban J connectivity index is 1.50. The molecule has 1 aromatic heterocycles. The highest BCUT2D eigenvalue weighted by molar-refractivity contribution is 4.78. The predicted octanol–water partition coefficient (Wildman–Crippen LogP) is 3.47. The molecule has 0 unspecified atom stereocenters. The number of rotatable bonds is 7. The molecule has 3 heteroatoms. The van der Waals surface area contributed by atoms with Gasteiger partial charge in [0.2, 0.25) is 0 Å². The first-order valence-corrected chi connectivity index (χ1v) is 7.95. The SMILES string of the molecule is CC(C)C1CCC(NCCCCn2ccnc2)CC1. The zero-order valence-corrected chi connectivity index (χ0v) is 12.5. The molecule has 3 nitrogen and oxygen atoms in total. The molecule has 0 amide bonds. The van der Waals surface area contributed by atoms with E-state index in [1.165, 1.54) is 45.1 Å². The molecule has 1 aliphatic rings. The lowest BCUT2D eigenvalue weighted by atomic mass is 9.80. The lowest BCUT2D eigenvalue weighted by Crippen LogP contribution is -2.34. The van der Waals surface area contributed by atoms with Crippen molar-refractivity contribution in [2.75, 3.05) is 6.54 Å². The summed E-state index contributed by atoms with van der Waals surface area (Å²) in [5, 5.41) is 3.74. The third kappa shape index (κ3) is 4.98. The fourth-order valence-electron chi connectivity index (χ4n) is 3.13. The van der Waals surface area contributed by atoms with Gasteiger partial charge in [0.1, 0.15) is 0 Å². The Morgan fingerprint density at radius 1 is 1.21 bits per heavy atom. The van der Waals surface area contributed by atoms with Crippen molar-refractivity contribution in [3.63, 3.8) is 0 Å². The highest BCUT2D eigenvalue weighted by atomic mass is 15.0. The Morgan fingerprint density at radius 2 is 2.00 bits per heavy atom. The Labute approximate surface area is 117 Å². The molecular weight excluding hydrogens is 234 g/mol. The maximum Gasteiger partial charge on any atom is 0.0945 e. The lowest BCUT2D eigenvalue weighted by Gasteiger charge is -2.31. The van der Waals surface area contributed by atoms with Crippen LogP contribution in [0.1, 0.15) is 52.4 Å². The van der Waals surface area contributed by atoms with E-state index in [9.17, 15) is 0 Å². The molecule has 1 aliphatic carbocycles. The van der Waals surface area contributed by atoms with Gasteiger partial charge in [-0.1, -0.05) is 13.8 Å². The van der Waals surface area contributed by atoms with Gasteiger partial charge >= 0.3 is 0 Å². The average molecular weight is 263 g/mol. The molecule has 0 radical (unpaired) electrons. The van der Waals surface area contributed by atoms with Crippen molar-refractivity contribution in [2.45, 2.75) is 65.0 Å². The molecule has 0 saturated heterocycles. The summed E-state index contributed by atoms with van der Waals surface area (Å²) >= 11 is 0. The van der Waals surface area contributed by atoms with Crippen LogP contribution in [0.5, 0.6) is 0 Å². The monoisotopic (exact) mass is 263 g/mol. The highest BCUT2D eigenvalue weighted by Crippen LogP contribution is 2.29. The van der Waals surface area contributed by atoms with E-state index in [-0.39, 0.29) is 0 Å². The van der Waals surface area contributed by atoms with Gasteiger partial charge < -0.3 is 9.88 Å². The van der Waals surface area contributed by atoms with Gasteiger partial charge in [0.15, 0.2) is 0 Å². The van der Waals surface area contributed by atoms with Gasteiger partial charge in [0.05, 0.1) is 6.33 Å². The van der Waals surface area contributed by atoms with Crippen molar-refractivity contribution < 1.29 is 0 Å². The Bertz CT molecular complexity index is 324. The zero-order chi connectivity index (χ0) is 13.5. The molecule has 1 aromatic rings. The minimum Gasteiger partial charge on any atom is -0.337 e. The topological polar surface area (TPSA) is 29.9 Å². The molecule has 1 heterocycles. The van der Waals surface area contributed by atoms with Crippen molar-refractivity contribution in [3.05, 3.63) is 18.7 Å². The van der Waals surface area contributed by atoms with Crippen molar-refractivity contribution in [3.8, 4) is 0 Å². The van der Waals surface area contributed by atoms with E-state index < -0.39 is 0 Å². The number of unbranched alkanes of at least 4 members (excludes halogenated alkanes) is 1. The highest BCUT2D eigenvalue weighted by Gasteiger charge is 2.22. The first-order valence-electron chi connectivity index (χ1n) is 7.95. The van der Waals surface area contributed by atoms with Crippen LogP contribution in [0.25, 0.3) is 0 Å². The maximum absolute atomic E-state index is 4.06. The first-order chi connectivity index (χ1) is 9.25. The number of aryl methyl sites for hydroxylation is 1. The molecule has 19 heavy (non-hydrogen) atoms. The largest absolute Gasteiger partial charge is 0.337 e. The second-order valence-corrected chi connectivity index (χ2v) is 6.32. The number of hydrogen-bond donors (Lipinski definition) is 1. The van der Waals surface area contributed by atoms with Crippen molar-refractivity contribution >= 4 is 0 Å². The van der Waals surface area contributed by atoms with E-state index in [2.05, 4.69) is 28.7 Å². The van der Waals surface area contributed by atoms with Crippen LogP contribution in [0.2, 0.25) is 0 Å². The molecular formula is C16H29N3. The summed E-state index contributed by atoms with van der Waals surface area (Å²) in [7, 11) is 0. The third-order valence-electron chi connectivity index (χ3n) is 4.55. The standard InChI is InChI=1S/C16H29N3/c1-14(2)15-5-7-16(8-6-15)18-9-3-4-11-19-12-10-17-13-19/h10,12-16,18H,3-9,11H2,1-2H3. The van der Waals surface area contributed by atoms with Crippen LogP contribution < -0.4 is 5.32 Å². The Morgan fingerprint density at radius 3 is 2.63 bits per heavy atom. The fourth-order valence-corrected chi connectivity index (χ4v) is 3.13. The minimum absolute atomic E-state index is 0.781. The van der Waals surface area contributed by atoms with E-state index in [0.29, 0.717) is 0 Å². The summed E-state index contributed by atoms with van der Waals surface area (Å²) in [6.07, 6.45) is 13.9. The van der Waals surface area contributed by atoms with Crippen molar-refractivity contribution in [1.29, 1.82) is 0 Å². The van der Waals surface area contributed by atoms with Crippen LogP contribution in [0.15, 0.2) is 18.7 Å². The second-order valence-electron chi connectivity index (χ2n) is 6.32. The van der Waals surface area contributed by atoms with Gasteiger partial charge in [0.25, 0.3) is 0 Å². The molecule has 0 spiro atoms. The maximum atomic E-state index is 4.06. The number of nitrogens with one attached hydrogen (secondary N) is 1. The number of imidazole rings is 1. The average Bonchev–Trinajstić information content (AvgIpc) is 2.92. The van der Waals surface area contributed by atoms with Crippen LogP contribution in [0, 0.1) is 11.8 Å². The number of nitrogens with zero attached hydrogens (tertiary/aromatic N) is 2. The van der Waals surface area contributed by atoms with Gasteiger partial charge in [-0.2, -0.15) is 0 Å². The molecule has 1 N–H and O–H groups in total. The molecule has 0 aliphatic heterocycles. The minimum atomic E-state index is 0.781. The van der Waals surface area contributed by atoms with E-state index in [0.717, 1.165) is 24.4 Å². The summed E-state index contributed by atoms with van der Waals surface area (Å²) in [6.45, 7) is 7.01. The summed E-state index contributed by atoms with van der Waals surface area (Å²) in [4.78, 5) is 4.06. The number of aromatic nitrogens is 2. The molecule has 2 rings (SSSR count). The molecule has 108 valence electrons.